The number of benzene rings is 1. The first kappa shape index (κ1) is 10.2. The van der Waals surface area contributed by atoms with Gasteiger partial charge in [-0.1, -0.05) is 28.1 Å². The van der Waals surface area contributed by atoms with Crippen molar-refractivity contribution in [2.45, 2.75) is 0 Å². The number of imidazole rings is 1. The van der Waals surface area contributed by atoms with Gasteiger partial charge in [0, 0.05) is 17.1 Å². The molecule has 1 aromatic heterocycles. The third-order valence-corrected chi connectivity index (χ3v) is 2.32. The number of ether oxygens (including phenoxy) is 1. The Morgan fingerprint density at radius 2 is 2.20 bits per heavy atom. The van der Waals surface area contributed by atoms with Gasteiger partial charge in [0.15, 0.2) is 0 Å². The molecule has 0 atom stereocenters. The Labute approximate surface area is 96.6 Å². The normalized spacial score (nSPS) is 10.2. The molecule has 1 heterocycles. The molecule has 0 bridgehead atoms. The van der Waals surface area contributed by atoms with Gasteiger partial charge in [0.05, 0.1) is 18.6 Å². The average molecular weight is 267 g/mol. The highest BCUT2D eigenvalue weighted by atomic mass is 79.9. The number of H-pyrrole nitrogens is 1. The molecule has 0 aliphatic rings. The van der Waals surface area contributed by atoms with Crippen LogP contribution in [-0.2, 0) is 0 Å². The zero-order chi connectivity index (χ0) is 10.5. The molecule has 3 nitrogen and oxygen atoms in total. The number of hydrogen-bond donors (Lipinski definition) is 1. The average Bonchev–Trinajstić information content (AvgIpc) is 2.80. The third-order valence-electron chi connectivity index (χ3n) is 2.00. The molecule has 0 saturated heterocycles. The molecule has 1 aromatic carbocycles. The van der Waals surface area contributed by atoms with E-state index in [1.165, 1.54) is 0 Å². The molecule has 0 aliphatic heterocycles. The van der Waals surface area contributed by atoms with Crippen LogP contribution < -0.4 is 4.74 Å². The second kappa shape index (κ2) is 4.98. The molecule has 0 amide bonds. The molecule has 78 valence electrons. The number of nitrogens with one attached hydrogen (secondary N) is 1. The highest BCUT2D eigenvalue weighted by Crippen LogP contribution is 2.27. The Morgan fingerprint density at radius 3 is 2.93 bits per heavy atom. The van der Waals surface area contributed by atoms with E-state index in [-0.39, 0.29) is 0 Å². The van der Waals surface area contributed by atoms with Crippen LogP contribution in [0.25, 0.3) is 11.3 Å². The summed E-state index contributed by atoms with van der Waals surface area (Å²) in [5, 5.41) is 0.821. The molecule has 15 heavy (non-hydrogen) atoms. The summed E-state index contributed by atoms with van der Waals surface area (Å²) in [5.74, 6) is 0.865. The molecule has 4 heteroatoms. The smallest absolute Gasteiger partial charge is 0.128 e. The summed E-state index contributed by atoms with van der Waals surface area (Å²) < 4.78 is 5.61. The van der Waals surface area contributed by atoms with Gasteiger partial charge in [-0.05, 0) is 12.1 Å². The minimum Gasteiger partial charge on any atom is -0.492 e. The van der Waals surface area contributed by atoms with Crippen LogP contribution in [0.5, 0.6) is 5.75 Å². The Morgan fingerprint density at radius 1 is 1.33 bits per heavy atom. The lowest BCUT2D eigenvalue weighted by molar-refractivity contribution is 0.346. The monoisotopic (exact) mass is 266 g/mol. The summed E-state index contributed by atoms with van der Waals surface area (Å²) >= 11 is 3.33. The molecule has 1 N–H and O–H groups in total. The SMILES string of the molecule is BrCCOc1ccccc1-c1c[nH]cn1. The Balaban J connectivity index is 2.30. The lowest BCUT2D eigenvalue weighted by Gasteiger charge is -2.08. The first-order valence-electron chi connectivity index (χ1n) is 4.69. The van der Waals surface area contributed by atoms with Crippen molar-refractivity contribution in [2.24, 2.45) is 0 Å². The fourth-order valence-corrected chi connectivity index (χ4v) is 1.52. The van der Waals surface area contributed by atoms with Crippen LogP contribution in [0.4, 0.5) is 0 Å². The number of halogens is 1. The minimum absolute atomic E-state index is 0.654. The Hall–Kier alpha value is -1.29. The van der Waals surface area contributed by atoms with E-state index >= 15 is 0 Å². The van der Waals surface area contributed by atoms with Crippen molar-refractivity contribution in [1.29, 1.82) is 0 Å². The van der Waals surface area contributed by atoms with Crippen LogP contribution in [0.1, 0.15) is 0 Å². The number of nitrogens with zero attached hydrogens (tertiary/aromatic N) is 1. The van der Waals surface area contributed by atoms with E-state index in [4.69, 9.17) is 4.74 Å². The number of para-hydroxylation sites is 1. The van der Waals surface area contributed by atoms with Crippen LogP contribution in [-0.4, -0.2) is 21.9 Å². The zero-order valence-corrected chi connectivity index (χ0v) is 9.70. The predicted molar refractivity (Wildman–Crippen MR) is 63.3 cm³/mol. The van der Waals surface area contributed by atoms with E-state index in [1.54, 1.807) is 6.33 Å². The van der Waals surface area contributed by atoms with E-state index < -0.39 is 0 Å². The minimum atomic E-state index is 0.654. The third kappa shape index (κ3) is 2.39. The van der Waals surface area contributed by atoms with Crippen molar-refractivity contribution in [3.8, 4) is 17.0 Å². The number of aromatic nitrogens is 2. The van der Waals surface area contributed by atoms with Crippen molar-refractivity contribution in [3.05, 3.63) is 36.8 Å². The Bertz CT molecular complexity index is 414. The maximum absolute atomic E-state index is 5.61. The molecule has 0 aliphatic carbocycles. The zero-order valence-electron chi connectivity index (χ0n) is 8.11. The highest BCUT2D eigenvalue weighted by Gasteiger charge is 2.06. The largest absolute Gasteiger partial charge is 0.492 e. The maximum atomic E-state index is 5.61. The Kier molecular flexibility index (Phi) is 3.40. The van der Waals surface area contributed by atoms with Gasteiger partial charge in [-0.25, -0.2) is 4.98 Å². The summed E-state index contributed by atoms with van der Waals surface area (Å²) in [4.78, 5) is 7.14. The van der Waals surface area contributed by atoms with Gasteiger partial charge in [0.1, 0.15) is 5.75 Å². The predicted octanol–water partition coefficient (Wildman–Crippen LogP) is 2.85. The van der Waals surface area contributed by atoms with E-state index in [1.807, 2.05) is 30.5 Å². The maximum Gasteiger partial charge on any atom is 0.128 e. The molecule has 0 fully saturated rings. The number of alkyl halides is 1. The molecule has 0 spiro atoms. The highest BCUT2D eigenvalue weighted by molar-refractivity contribution is 9.09. The van der Waals surface area contributed by atoms with Crippen LogP contribution in [0.3, 0.4) is 0 Å². The fraction of sp³-hybridized carbons (Fsp3) is 0.182. The standard InChI is InChI=1S/C11H11BrN2O/c12-5-6-15-11-4-2-1-3-9(11)10-7-13-8-14-10/h1-4,7-8H,5-6H2,(H,13,14). The summed E-state index contributed by atoms with van der Waals surface area (Å²) in [5.41, 5.74) is 1.92. The van der Waals surface area contributed by atoms with Gasteiger partial charge < -0.3 is 9.72 Å². The van der Waals surface area contributed by atoms with Crippen LogP contribution in [0.15, 0.2) is 36.8 Å². The molecule has 0 unspecified atom stereocenters. The van der Waals surface area contributed by atoms with E-state index in [0.29, 0.717) is 6.61 Å². The topological polar surface area (TPSA) is 37.9 Å². The molecular formula is C11H11BrN2O. The molecule has 2 aromatic rings. The second-order valence-corrected chi connectivity index (χ2v) is 3.78. The fourth-order valence-electron chi connectivity index (χ4n) is 1.36. The van der Waals surface area contributed by atoms with Gasteiger partial charge in [-0.15, -0.1) is 0 Å². The van der Waals surface area contributed by atoms with Gasteiger partial charge >= 0.3 is 0 Å². The van der Waals surface area contributed by atoms with Crippen LogP contribution in [0.2, 0.25) is 0 Å². The molecule has 2 rings (SSSR count). The first-order valence-corrected chi connectivity index (χ1v) is 5.81. The molecule has 0 saturated carbocycles. The summed E-state index contributed by atoms with van der Waals surface area (Å²) in [7, 11) is 0. The quantitative estimate of drug-likeness (QED) is 0.865. The van der Waals surface area contributed by atoms with Crippen molar-refractivity contribution in [1.82, 2.24) is 9.97 Å². The van der Waals surface area contributed by atoms with Gasteiger partial charge in [0.2, 0.25) is 0 Å². The molecular weight excluding hydrogens is 256 g/mol. The lowest BCUT2D eigenvalue weighted by atomic mass is 10.1. The lowest BCUT2D eigenvalue weighted by Crippen LogP contribution is -1.99. The van der Waals surface area contributed by atoms with Gasteiger partial charge in [0.25, 0.3) is 0 Å². The van der Waals surface area contributed by atoms with Crippen LogP contribution >= 0.6 is 15.9 Å². The van der Waals surface area contributed by atoms with Crippen molar-refractivity contribution < 1.29 is 4.74 Å². The first-order chi connectivity index (χ1) is 7.42. The van der Waals surface area contributed by atoms with Crippen molar-refractivity contribution >= 4 is 15.9 Å². The van der Waals surface area contributed by atoms with Crippen molar-refractivity contribution in [3.63, 3.8) is 0 Å². The summed E-state index contributed by atoms with van der Waals surface area (Å²) in [6.07, 6.45) is 3.52. The number of aromatic amines is 1. The van der Waals surface area contributed by atoms with Crippen LogP contribution in [0, 0.1) is 0 Å². The van der Waals surface area contributed by atoms with E-state index in [2.05, 4.69) is 25.9 Å². The summed E-state index contributed by atoms with van der Waals surface area (Å²) in [6.45, 7) is 0.654. The van der Waals surface area contributed by atoms with E-state index in [0.717, 1.165) is 22.3 Å². The van der Waals surface area contributed by atoms with Gasteiger partial charge in [-0.2, -0.15) is 0 Å². The van der Waals surface area contributed by atoms with E-state index in [9.17, 15) is 0 Å². The summed E-state index contributed by atoms with van der Waals surface area (Å²) in [6, 6.07) is 7.89. The number of hydrogen-bond acceptors (Lipinski definition) is 2. The van der Waals surface area contributed by atoms with Gasteiger partial charge in [-0.3, -0.25) is 0 Å². The second-order valence-electron chi connectivity index (χ2n) is 2.99. The molecule has 0 radical (unpaired) electrons. The number of rotatable bonds is 4. The van der Waals surface area contributed by atoms with Crippen molar-refractivity contribution in [2.75, 3.05) is 11.9 Å².